The fourth-order valence-corrected chi connectivity index (χ4v) is 2.54. The number of carbonyl (C=O) groups is 1. The van der Waals surface area contributed by atoms with Crippen molar-refractivity contribution in [1.82, 2.24) is 10.2 Å². The van der Waals surface area contributed by atoms with Crippen molar-refractivity contribution in [2.75, 3.05) is 19.6 Å². The van der Waals surface area contributed by atoms with Gasteiger partial charge < -0.3 is 14.6 Å². The van der Waals surface area contributed by atoms with E-state index in [2.05, 4.69) is 5.32 Å². The zero-order chi connectivity index (χ0) is 16.5. The molecule has 1 amide bonds. The number of hydrogen-bond acceptors (Lipinski definition) is 3. The van der Waals surface area contributed by atoms with E-state index in [-0.39, 0.29) is 5.91 Å². The summed E-state index contributed by atoms with van der Waals surface area (Å²) in [5.74, 6) is 2.04. The van der Waals surface area contributed by atoms with Crippen LogP contribution < -0.4 is 5.32 Å². The molecule has 4 heteroatoms. The topological polar surface area (TPSA) is 45.5 Å². The van der Waals surface area contributed by atoms with E-state index < -0.39 is 0 Å². The molecule has 23 heavy (non-hydrogen) atoms. The molecule has 2 rings (SSSR count). The van der Waals surface area contributed by atoms with Crippen LogP contribution in [-0.2, 0) is 11.3 Å². The third-order valence-electron chi connectivity index (χ3n) is 3.88. The lowest BCUT2D eigenvalue weighted by molar-refractivity contribution is -0.130. The van der Waals surface area contributed by atoms with Crippen LogP contribution in [0.3, 0.4) is 0 Å². The highest BCUT2D eigenvalue weighted by Crippen LogP contribution is 2.21. The van der Waals surface area contributed by atoms with Gasteiger partial charge >= 0.3 is 0 Å². The first-order chi connectivity index (χ1) is 11.2. The molecule has 1 aromatic heterocycles. The third kappa shape index (κ3) is 5.25. The summed E-state index contributed by atoms with van der Waals surface area (Å²) >= 11 is 0. The Bertz CT molecular complexity index is 588. The highest BCUT2D eigenvalue weighted by molar-refractivity contribution is 5.76. The maximum atomic E-state index is 11.9. The molecular weight excluding hydrogens is 288 g/mol. The van der Waals surface area contributed by atoms with Gasteiger partial charge in [0.15, 0.2) is 0 Å². The molecule has 4 nitrogen and oxygen atoms in total. The van der Waals surface area contributed by atoms with Gasteiger partial charge in [-0.15, -0.1) is 0 Å². The van der Waals surface area contributed by atoms with Crippen LogP contribution in [0.4, 0.5) is 0 Å². The van der Waals surface area contributed by atoms with E-state index in [1.807, 2.05) is 61.2 Å². The Morgan fingerprint density at radius 3 is 2.52 bits per heavy atom. The SMILES string of the molecule is CCN(CC)C(=O)CCCNCc1ccc(-c2ccccc2)o1. The highest BCUT2D eigenvalue weighted by Gasteiger charge is 2.08. The van der Waals surface area contributed by atoms with Crippen molar-refractivity contribution in [3.8, 4) is 11.3 Å². The van der Waals surface area contributed by atoms with Crippen LogP contribution in [-0.4, -0.2) is 30.4 Å². The monoisotopic (exact) mass is 314 g/mol. The molecule has 0 radical (unpaired) electrons. The summed E-state index contributed by atoms with van der Waals surface area (Å²) in [5, 5.41) is 3.33. The Balaban J connectivity index is 1.69. The Labute approximate surface area is 138 Å². The zero-order valence-corrected chi connectivity index (χ0v) is 14.0. The Hall–Kier alpha value is -2.07. The molecule has 0 unspecified atom stereocenters. The van der Waals surface area contributed by atoms with Gasteiger partial charge in [-0.05, 0) is 38.9 Å². The normalized spacial score (nSPS) is 10.7. The second-order valence-corrected chi connectivity index (χ2v) is 5.48. The summed E-state index contributed by atoms with van der Waals surface area (Å²) in [6, 6.07) is 14.1. The largest absolute Gasteiger partial charge is 0.460 e. The summed E-state index contributed by atoms with van der Waals surface area (Å²) in [5.41, 5.74) is 1.09. The molecule has 1 N–H and O–H groups in total. The van der Waals surface area contributed by atoms with Crippen molar-refractivity contribution in [3.63, 3.8) is 0 Å². The average Bonchev–Trinajstić information content (AvgIpc) is 3.05. The van der Waals surface area contributed by atoms with Crippen molar-refractivity contribution >= 4 is 5.91 Å². The lowest BCUT2D eigenvalue weighted by Gasteiger charge is -2.18. The number of amides is 1. The number of nitrogens with one attached hydrogen (secondary N) is 1. The maximum absolute atomic E-state index is 11.9. The first kappa shape index (κ1) is 17.3. The minimum absolute atomic E-state index is 0.237. The van der Waals surface area contributed by atoms with E-state index in [0.29, 0.717) is 13.0 Å². The zero-order valence-electron chi connectivity index (χ0n) is 14.0. The Morgan fingerprint density at radius 1 is 1.09 bits per heavy atom. The van der Waals surface area contributed by atoms with Crippen LogP contribution in [0, 0.1) is 0 Å². The molecule has 0 spiro atoms. The second-order valence-electron chi connectivity index (χ2n) is 5.48. The van der Waals surface area contributed by atoms with Crippen LogP contribution in [0.2, 0.25) is 0 Å². The van der Waals surface area contributed by atoms with E-state index in [9.17, 15) is 4.79 Å². The Morgan fingerprint density at radius 2 is 1.83 bits per heavy atom. The van der Waals surface area contributed by atoms with Crippen LogP contribution in [0.5, 0.6) is 0 Å². The third-order valence-corrected chi connectivity index (χ3v) is 3.88. The predicted octanol–water partition coefficient (Wildman–Crippen LogP) is 3.68. The molecular formula is C19H26N2O2. The van der Waals surface area contributed by atoms with Crippen molar-refractivity contribution in [1.29, 1.82) is 0 Å². The quantitative estimate of drug-likeness (QED) is 0.718. The molecule has 2 aromatic rings. The summed E-state index contributed by atoms with van der Waals surface area (Å²) in [7, 11) is 0. The van der Waals surface area contributed by atoms with Crippen molar-refractivity contribution in [3.05, 3.63) is 48.2 Å². The molecule has 0 aliphatic heterocycles. The van der Waals surface area contributed by atoms with Crippen LogP contribution in [0.1, 0.15) is 32.4 Å². The minimum atomic E-state index is 0.237. The summed E-state index contributed by atoms with van der Waals surface area (Å²) < 4.78 is 5.83. The van der Waals surface area contributed by atoms with E-state index in [1.165, 1.54) is 0 Å². The minimum Gasteiger partial charge on any atom is -0.460 e. The van der Waals surface area contributed by atoms with Gasteiger partial charge in [-0.25, -0.2) is 0 Å². The number of carbonyl (C=O) groups excluding carboxylic acids is 1. The molecule has 1 aromatic carbocycles. The number of rotatable bonds is 9. The Kier molecular flexibility index (Phi) is 6.88. The van der Waals surface area contributed by atoms with Gasteiger partial charge in [-0.3, -0.25) is 4.79 Å². The molecule has 0 atom stereocenters. The molecule has 0 saturated heterocycles. The van der Waals surface area contributed by atoms with Crippen molar-refractivity contribution in [2.24, 2.45) is 0 Å². The number of nitrogens with zero attached hydrogens (tertiary/aromatic N) is 1. The predicted molar refractivity (Wildman–Crippen MR) is 93.0 cm³/mol. The van der Waals surface area contributed by atoms with E-state index in [0.717, 1.165) is 43.1 Å². The second kappa shape index (κ2) is 9.16. The summed E-state index contributed by atoms with van der Waals surface area (Å²) in [6.45, 7) is 7.11. The molecule has 124 valence electrons. The van der Waals surface area contributed by atoms with Gasteiger partial charge in [0.05, 0.1) is 6.54 Å². The van der Waals surface area contributed by atoms with Gasteiger partial charge in [0.2, 0.25) is 5.91 Å². The lowest BCUT2D eigenvalue weighted by atomic mass is 10.2. The van der Waals surface area contributed by atoms with Gasteiger partial charge in [0, 0.05) is 25.1 Å². The van der Waals surface area contributed by atoms with Crippen molar-refractivity contribution < 1.29 is 9.21 Å². The van der Waals surface area contributed by atoms with E-state index in [4.69, 9.17) is 4.42 Å². The number of benzene rings is 1. The van der Waals surface area contributed by atoms with Crippen LogP contribution in [0.25, 0.3) is 11.3 Å². The molecule has 0 aliphatic rings. The average molecular weight is 314 g/mol. The molecule has 1 heterocycles. The first-order valence-electron chi connectivity index (χ1n) is 8.37. The lowest BCUT2D eigenvalue weighted by Crippen LogP contribution is -2.30. The molecule has 0 aliphatic carbocycles. The molecule has 0 saturated carbocycles. The highest BCUT2D eigenvalue weighted by atomic mass is 16.3. The number of hydrogen-bond donors (Lipinski definition) is 1. The smallest absolute Gasteiger partial charge is 0.222 e. The maximum Gasteiger partial charge on any atom is 0.222 e. The van der Waals surface area contributed by atoms with Gasteiger partial charge in [0.1, 0.15) is 11.5 Å². The first-order valence-corrected chi connectivity index (χ1v) is 8.37. The number of furan rings is 1. The molecule has 0 fully saturated rings. The van der Waals surface area contributed by atoms with E-state index >= 15 is 0 Å². The van der Waals surface area contributed by atoms with Gasteiger partial charge in [-0.2, -0.15) is 0 Å². The van der Waals surface area contributed by atoms with Crippen LogP contribution in [0.15, 0.2) is 46.9 Å². The standard InChI is InChI=1S/C19H26N2O2/c1-3-21(4-2)19(22)11-8-14-20-15-17-12-13-18(23-17)16-9-6-5-7-10-16/h5-7,9-10,12-13,20H,3-4,8,11,14-15H2,1-2H3. The van der Waals surface area contributed by atoms with Gasteiger partial charge in [0.25, 0.3) is 0 Å². The molecule has 0 bridgehead atoms. The fourth-order valence-electron chi connectivity index (χ4n) is 2.54. The van der Waals surface area contributed by atoms with Crippen molar-refractivity contribution in [2.45, 2.75) is 33.2 Å². The fraction of sp³-hybridized carbons (Fsp3) is 0.421. The van der Waals surface area contributed by atoms with E-state index in [1.54, 1.807) is 0 Å². The summed E-state index contributed by atoms with van der Waals surface area (Å²) in [6.07, 6.45) is 1.45. The van der Waals surface area contributed by atoms with Crippen LogP contribution >= 0.6 is 0 Å². The summed E-state index contributed by atoms with van der Waals surface area (Å²) in [4.78, 5) is 13.8. The van der Waals surface area contributed by atoms with Gasteiger partial charge in [-0.1, -0.05) is 30.3 Å².